The van der Waals surface area contributed by atoms with Gasteiger partial charge in [-0.15, -0.1) is 12.4 Å². The molecule has 0 aromatic heterocycles. The average Bonchev–Trinajstić information content (AvgIpc) is 2.99. The second-order valence-electron chi connectivity index (χ2n) is 5.29. The third-order valence-electron chi connectivity index (χ3n) is 4.27. The number of halogens is 3. The Morgan fingerprint density at radius 1 is 1.45 bits per heavy atom. The molecule has 3 atom stereocenters. The molecule has 6 heteroatoms. The van der Waals surface area contributed by atoms with Crippen molar-refractivity contribution in [1.82, 2.24) is 5.32 Å². The van der Waals surface area contributed by atoms with Crippen LogP contribution in [0.3, 0.4) is 0 Å². The molecule has 0 bridgehead atoms. The molecule has 1 aromatic carbocycles. The van der Waals surface area contributed by atoms with E-state index in [1.54, 1.807) is 0 Å². The Labute approximate surface area is 121 Å². The van der Waals surface area contributed by atoms with Gasteiger partial charge >= 0.3 is 0 Å². The minimum atomic E-state index is -0.477. The summed E-state index contributed by atoms with van der Waals surface area (Å²) < 4.78 is 27.1. The van der Waals surface area contributed by atoms with Crippen molar-refractivity contribution in [2.45, 2.75) is 24.3 Å². The Morgan fingerprint density at radius 2 is 2.20 bits per heavy atom. The van der Waals surface area contributed by atoms with E-state index < -0.39 is 23.1 Å². The normalized spacial score (nSPS) is 30.3. The van der Waals surface area contributed by atoms with Crippen molar-refractivity contribution in [3.05, 3.63) is 35.4 Å². The molecule has 1 saturated heterocycles. The van der Waals surface area contributed by atoms with Crippen LogP contribution in [0, 0.1) is 17.6 Å². The summed E-state index contributed by atoms with van der Waals surface area (Å²) in [4.78, 5) is 22.1. The van der Waals surface area contributed by atoms with Gasteiger partial charge in [0.05, 0.1) is 12.5 Å². The maximum atomic E-state index is 13.8. The molecule has 1 N–H and O–H groups in total. The first kappa shape index (κ1) is 15.1. The van der Waals surface area contributed by atoms with Gasteiger partial charge < -0.3 is 10.1 Å². The minimum Gasteiger partial charge on any atom is -0.306 e. The molecule has 2 aliphatic rings. The summed E-state index contributed by atoms with van der Waals surface area (Å²) in [6.07, 6.45) is 1.11. The summed E-state index contributed by atoms with van der Waals surface area (Å²) in [5.74, 6) is -1.11. The number of hydrogen-bond acceptors (Lipinski definition) is 3. The molecule has 0 spiro atoms. The molecular weight excluding hydrogens is 288 g/mol. The number of fused-ring (bicyclic) bond motifs is 1. The molecule has 0 radical (unpaired) electrons. The lowest BCUT2D eigenvalue weighted by Crippen LogP contribution is -2.35. The molecule has 1 saturated carbocycles. The number of benzene rings is 1. The summed E-state index contributed by atoms with van der Waals surface area (Å²) in [7, 11) is 0. The van der Waals surface area contributed by atoms with E-state index in [0.29, 0.717) is 24.8 Å². The first-order valence-electron chi connectivity index (χ1n) is 6.24. The highest BCUT2D eigenvalue weighted by molar-refractivity contribution is 5.94. The second kappa shape index (κ2) is 5.22. The maximum absolute atomic E-state index is 13.8. The van der Waals surface area contributed by atoms with E-state index in [0.717, 1.165) is 12.1 Å². The smallest absolute Gasteiger partial charge is 0.157 e. The zero-order chi connectivity index (χ0) is 13.6. The number of piperidine rings is 1. The molecule has 2 fully saturated rings. The minimum absolute atomic E-state index is 0. The molecule has 0 amide bonds. The van der Waals surface area contributed by atoms with Crippen LogP contribution >= 0.6 is 12.4 Å². The number of ketones is 1. The van der Waals surface area contributed by atoms with E-state index in [1.807, 2.05) is 0 Å². The van der Waals surface area contributed by atoms with Crippen LogP contribution < -0.4 is 5.32 Å². The summed E-state index contributed by atoms with van der Waals surface area (Å²) >= 11 is 0. The highest BCUT2D eigenvalue weighted by Crippen LogP contribution is 2.59. The monoisotopic (exact) mass is 301 g/mol. The Morgan fingerprint density at radius 3 is 2.85 bits per heavy atom. The first-order valence-corrected chi connectivity index (χ1v) is 6.24. The molecule has 1 heterocycles. The van der Waals surface area contributed by atoms with Crippen molar-refractivity contribution in [3.8, 4) is 0 Å². The van der Waals surface area contributed by atoms with Crippen LogP contribution in [0.4, 0.5) is 8.78 Å². The van der Waals surface area contributed by atoms with Crippen molar-refractivity contribution in [2.75, 3.05) is 6.54 Å². The lowest BCUT2D eigenvalue weighted by atomic mass is 9.93. The number of carbonyl (C=O) groups excluding carboxylic acids is 2. The van der Waals surface area contributed by atoms with Gasteiger partial charge in [-0.05, 0) is 36.1 Å². The summed E-state index contributed by atoms with van der Waals surface area (Å²) in [6.45, 7) is 0.452. The molecule has 3 nitrogen and oxygen atoms in total. The maximum Gasteiger partial charge on any atom is 0.157 e. The Kier molecular flexibility index (Phi) is 3.93. The van der Waals surface area contributed by atoms with Gasteiger partial charge in [0.1, 0.15) is 17.9 Å². The van der Waals surface area contributed by atoms with Crippen molar-refractivity contribution < 1.29 is 18.4 Å². The number of hydrogen-bond donors (Lipinski definition) is 1. The Bertz CT molecular complexity index is 566. The molecule has 108 valence electrons. The fourth-order valence-corrected chi connectivity index (χ4v) is 3.24. The third kappa shape index (κ3) is 2.15. The van der Waals surface area contributed by atoms with Crippen molar-refractivity contribution >= 4 is 24.5 Å². The van der Waals surface area contributed by atoms with Crippen LogP contribution in [0.5, 0.6) is 0 Å². The Hall–Kier alpha value is -1.33. The lowest BCUT2D eigenvalue weighted by Gasteiger charge is -2.13. The van der Waals surface area contributed by atoms with Gasteiger partial charge in [-0.25, -0.2) is 8.78 Å². The van der Waals surface area contributed by atoms with Crippen LogP contribution in [0.25, 0.3) is 0 Å². The third-order valence-corrected chi connectivity index (χ3v) is 4.27. The summed E-state index contributed by atoms with van der Waals surface area (Å²) in [5.41, 5.74) is -0.138. The fourth-order valence-electron chi connectivity index (χ4n) is 3.24. The molecule has 20 heavy (non-hydrogen) atoms. The Balaban J connectivity index is 0.00000147. The molecule has 1 aliphatic carbocycles. The van der Waals surface area contributed by atoms with Crippen LogP contribution in [-0.4, -0.2) is 24.7 Å². The number of Topliss-reactive ketones (excluding diaryl/α,β-unsaturated/α-hetero) is 1. The van der Waals surface area contributed by atoms with Crippen LogP contribution in [-0.2, 0) is 15.0 Å². The molecular formula is C14H14ClF2NO2. The average molecular weight is 302 g/mol. The van der Waals surface area contributed by atoms with Gasteiger partial charge in [0.25, 0.3) is 0 Å². The quantitative estimate of drug-likeness (QED) is 0.681. The van der Waals surface area contributed by atoms with Gasteiger partial charge in [0.15, 0.2) is 5.78 Å². The van der Waals surface area contributed by atoms with E-state index in [1.165, 1.54) is 6.07 Å². The topological polar surface area (TPSA) is 46.2 Å². The van der Waals surface area contributed by atoms with E-state index in [4.69, 9.17) is 0 Å². The SMILES string of the molecule is Cl.O=CCC(=O)C1NC[C@@]2(c3cc(F)ccc3F)C[C@@H]12. The highest BCUT2D eigenvalue weighted by Gasteiger charge is 2.64. The van der Waals surface area contributed by atoms with Gasteiger partial charge in [-0.3, -0.25) is 4.79 Å². The van der Waals surface area contributed by atoms with Crippen LogP contribution in [0.2, 0.25) is 0 Å². The second-order valence-corrected chi connectivity index (χ2v) is 5.29. The predicted octanol–water partition coefficient (Wildman–Crippen LogP) is 1.77. The van der Waals surface area contributed by atoms with E-state index in [-0.39, 0.29) is 30.5 Å². The number of nitrogens with one attached hydrogen (secondary N) is 1. The van der Waals surface area contributed by atoms with E-state index in [9.17, 15) is 18.4 Å². The number of rotatable bonds is 4. The van der Waals surface area contributed by atoms with E-state index in [2.05, 4.69) is 5.32 Å². The highest BCUT2D eigenvalue weighted by atomic mass is 35.5. The largest absolute Gasteiger partial charge is 0.306 e. The van der Waals surface area contributed by atoms with Crippen LogP contribution in [0.15, 0.2) is 18.2 Å². The first-order chi connectivity index (χ1) is 9.08. The van der Waals surface area contributed by atoms with Crippen molar-refractivity contribution in [2.24, 2.45) is 5.92 Å². The molecule has 3 rings (SSSR count). The molecule has 1 aliphatic heterocycles. The zero-order valence-electron chi connectivity index (χ0n) is 10.6. The van der Waals surface area contributed by atoms with Gasteiger partial charge in [-0.2, -0.15) is 0 Å². The summed E-state index contributed by atoms with van der Waals surface area (Å²) in [5, 5.41) is 3.03. The van der Waals surface area contributed by atoms with Gasteiger partial charge in [0.2, 0.25) is 0 Å². The van der Waals surface area contributed by atoms with Gasteiger partial charge in [0, 0.05) is 12.0 Å². The number of carbonyl (C=O) groups is 2. The standard InChI is InChI=1S/C14H13F2NO2.ClH/c15-8-1-2-11(16)9(5-8)14-6-10(14)13(17-7-14)12(19)3-4-18;/h1-2,4-5,10,13,17H,3,6-7H2;1H/t10-,13?,14+;/m0./s1. The molecule has 1 aromatic rings. The van der Waals surface area contributed by atoms with E-state index >= 15 is 0 Å². The van der Waals surface area contributed by atoms with Gasteiger partial charge in [-0.1, -0.05) is 0 Å². The van der Waals surface area contributed by atoms with Crippen LogP contribution in [0.1, 0.15) is 18.4 Å². The summed E-state index contributed by atoms with van der Waals surface area (Å²) in [6, 6.07) is 3.01. The number of aldehydes is 1. The predicted molar refractivity (Wildman–Crippen MR) is 70.9 cm³/mol. The van der Waals surface area contributed by atoms with Crippen molar-refractivity contribution in [3.63, 3.8) is 0 Å². The lowest BCUT2D eigenvalue weighted by molar-refractivity contribution is -0.124. The molecule has 1 unspecified atom stereocenters. The van der Waals surface area contributed by atoms with Crippen molar-refractivity contribution in [1.29, 1.82) is 0 Å². The fraction of sp³-hybridized carbons (Fsp3) is 0.429. The zero-order valence-corrected chi connectivity index (χ0v) is 11.4.